The number of rotatable bonds is 8. The van der Waals surface area contributed by atoms with E-state index in [9.17, 15) is 4.79 Å². The van der Waals surface area contributed by atoms with Crippen molar-refractivity contribution in [3.63, 3.8) is 0 Å². The second kappa shape index (κ2) is 9.66. The highest BCUT2D eigenvalue weighted by molar-refractivity contribution is 6.32. The lowest BCUT2D eigenvalue weighted by Gasteiger charge is -2.08. The molecule has 0 atom stereocenters. The molecule has 29 heavy (non-hydrogen) atoms. The third-order valence-corrected chi connectivity index (χ3v) is 4.38. The first-order chi connectivity index (χ1) is 14.1. The lowest BCUT2D eigenvalue weighted by Crippen LogP contribution is -1.98. The van der Waals surface area contributed by atoms with Crippen LogP contribution in [0.15, 0.2) is 79.0 Å². The predicted molar refractivity (Wildman–Crippen MR) is 115 cm³/mol. The molecule has 3 aromatic carbocycles. The van der Waals surface area contributed by atoms with Crippen molar-refractivity contribution in [2.75, 3.05) is 19.5 Å². The van der Waals surface area contributed by atoms with Crippen LogP contribution in [0.4, 0.5) is 5.69 Å². The monoisotopic (exact) mass is 409 g/mol. The Kier molecular flexibility index (Phi) is 6.76. The minimum atomic E-state index is -0.155. The van der Waals surface area contributed by atoms with Crippen molar-refractivity contribution in [2.45, 2.75) is 0 Å². The topological polar surface area (TPSA) is 56.8 Å². The fourth-order valence-corrected chi connectivity index (χ4v) is 2.75. The fourth-order valence-electron chi connectivity index (χ4n) is 2.57. The first kappa shape index (κ1) is 20.3. The van der Waals surface area contributed by atoms with E-state index in [1.165, 1.54) is 13.2 Å². The van der Waals surface area contributed by atoms with Gasteiger partial charge < -0.3 is 19.5 Å². The van der Waals surface area contributed by atoms with Gasteiger partial charge >= 0.3 is 0 Å². The molecule has 0 fully saturated rings. The molecule has 0 radical (unpaired) electrons. The maximum atomic E-state index is 12.3. The summed E-state index contributed by atoms with van der Waals surface area (Å²) >= 11 is 6.10. The van der Waals surface area contributed by atoms with Crippen molar-refractivity contribution < 1.29 is 19.0 Å². The van der Waals surface area contributed by atoms with Crippen molar-refractivity contribution in [2.24, 2.45) is 0 Å². The quantitative estimate of drug-likeness (QED) is 0.367. The summed E-state index contributed by atoms with van der Waals surface area (Å²) in [6.07, 6.45) is 3.04. The molecule has 0 saturated heterocycles. The summed E-state index contributed by atoms with van der Waals surface area (Å²) in [5.74, 6) is 2.18. The standard InChI is InChI=1S/C23H20ClNO4/c1-27-22-12-7-16(15-23(22)28-2)20(26)13-14-25-17-8-10-18(11-9-17)29-21-6-4-3-5-19(21)24/h3-15,25H,1-2H3/b14-13+. The van der Waals surface area contributed by atoms with Crippen LogP contribution in [-0.2, 0) is 0 Å². The number of ketones is 1. The van der Waals surface area contributed by atoms with Crippen LogP contribution in [0.25, 0.3) is 0 Å². The van der Waals surface area contributed by atoms with Crippen LogP contribution in [0.2, 0.25) is 5.02 Å². The molecule has 0 aliphatic heterocycles. The van der Waals surface area contributed by atoms with Gasteiger partial charge in [0.05, 0.1) is 19.2 Å². The van der Waals surface area contributed by atoms with Crippen molar-refractivity contribution in [3.05, 3.63) is 89.6 Å². The van der Waals surface area contributed by atoms with Gasteiger partial charge in [0, 0.05) is 23.5 Å². The average Bonchev–Trinajstić information content (AvgIpc) is 2.76. The Hall–Kier alpha value is -3.44. The Morgan fingerprint density at radius 3 is 2.31 bits per heavy atom. The minimum absolute atomic E-state index is 0.155. The Labute approximate surface area is 174 Å². The average molecular weight is 410 g/mol. The fraction of sp³-hybridized carbons (Fsp3) is 0.0870. The van der Waals surface area contributed by atoms with Gasteiger partial charge in [0.2, 0.25) is 0 Å². The van der Waals surface area contributed by atoms with Crippen LogP contribution >= 0.6 is 11.6 Å². The normalized spacial score (nSPS) is 10.6. The Morgan fingerprint density at radius 2 is 1.62 bits per heavy atom. The maximum absolute atomic E-state index is 12.3. The van der Waals surface area contributed by atoms with Gasteiger partial charge in [-0.3, -0.25) is 4.79 Å². The molecule has 148 valence electrons. The van der Waals surface area contributed by atoms with Crippen LogP contribution in [0.5, 0.6) is 23.0 Å². The maximum Gasteiger partial charge on any atom is 0.187 e. The molecule has 1 N–H and O–H groups in total. The van der Waals surface area contributed by atoms with E-state index in [1.54, 1.807) is 43.6 Å². The van der Waals surface area contributed by atoms with E-state index in [2.05, 4.69) is 5.32 Å². The predicted octanol–water partition coefficient (Wildman–Crippen LogP) is 5.96. The Bertz CT molecular complexity index is 1020. The van der Waals surface area contributed by atoms with E-state index in [1.807, 2.05) is 36.4 Å². The molecule has 5 nitrogen and oxygen atoms in total. The van der Waals surface area contributed by atoms with Crippen LogP contribution in [0, 0.1) is 0 Å². The third-order valence-electron chi connectivity index (χ3n) is 4.07. The number of benzene rings is 3. The zero-order chi connectivity index (χ0) is 20.6. The largest absolute Gasteiger partial charge is 0.493 e. The summed E-state index contributed by atoms with van der Waals surface area (Å²) in [4.78, 5) is 12.3. The highest BCUT2D eigenvalue weighted by atomic mass is 35.5. The summed E-state index contributed by atoms with van der Waals surface area (Å²) < 4.78 is 16.2. The van der Waals surface area contributed by atoms with Crippen LogP contribution in [-0.4, -0.2) is 20.0 Å². The zero-order valence-electron chi connectivity index (χ0n) is 16.0. The zero-order valence-corrected chi connectivity index (χ0v) is 16.8. The summed E-state index contributed by atoms with van der Waals surface area (Å²) in [6, 6.07) is 19.6. The van der Waals surface area contributed by atoms with Crippen molar-refractivity contribution in [1.29, 1.82) is 0 Å². The number of allylic oxidation sites excluding steroid dienone is 1. The molecular weight excluding hydrogens is 390 g/mol. The van der Waals surface area contributed by atoms with Gasteiger partial charge in [0.25, 0.3) is 0 Å². The Balaban J connectivity index is 1.60. The molecule has 6 heteroatoms. The van der Waals surface area contributed by atoms with Gasteiger partial charge in [-0.1, -0.05) is 23.7 Å². The minimum Gasteiger partial charge on any atom is -0.493 e. The van der Waals surface area contributed by atoms with Gasteiger partial charge in [-0.2, -0.15) is 0 Å². The van der Waals surface area contributed by atoms with E-state index in [0.29, 0.717) is 33.6 Å². The first-order valence-electron chi connectivity index (χ1n) is 8.82. The first-order valence-corrected chi connectivity index (χ1v) is 9.20. The number of carbonyl (C=O) groups excluding carboxylic acids is 1. The van der Waals surface area contributed by atoms with Gasteiger partial charge in [-0.15, -0.1) is 0 Å². The molecule has 3 rings (SSSR count). The van der Waals surface area contributed by atoms with E-state index in [0.717, 1.165) is 5.69 Å². The van der Waals surface area contributed by atoms with Gasteiger partial charge in [0.15, 0.2) is 17.3 Å². The molecule has 0 amide bonds. The van der Waals surface area contributed by atoms with Crippen molar-refractivity contribution in [1.82, 2.24) is 0 Å². The van der Waals surface area contributed by atoms with Gasteiger partial charge in [0.1, 0.15) is 11.5 Å². The highest BCUT2D eigenvalue weighted by Crippen LogP contribution is 2.30. The summed E-state index contributed by atoms with van der Waals surface area (Å²) in [6.45, 7) is 0. The van der Waals surface area contributed by atoms with Crippen LogP contribution in [0.1, 0.15) is 10.4 Å². The lowest BCUT2D eigenvalue weighted by molar-refractivity contribution is 0.104. The van der Waals surface area contributed by atoms with E-state index in [-0.39, 0.29) is 5.78 Å². The summed E-state index contributed by atoms with van der Waals surface area (Å²) in [5, 5.41) is 3.61. The van der Waals surface area contributed by atoms with Crippen LogP contribution in [0.3, 0.4) is 0 Å². The van der Waals surface area contributed by atoms with Crippen molar-refractivity contribution >= 4 is 23.1 Å². The number of anilines is 1. The second-order valence-electron chi connectivity index (χ2n) is 5.97. The number of para-hydroxylation sites is 1. The summed E-state index contributed by atoms with van der Waals surface area (Å²) in [7, 11) is 3.08. The molecule has 0 bridgehead atoms. The number of ether oxygens (including phenoxy) is 3. The van der Waals surface area contributed by atoms with E-state index in [4.69, 9.17) is 25.8 Å². The van der Waals surface area contributed by atoms with Crippen molar-refractivity contribution in [3.8, 4) is 23.0 Å². The van der Waals surface area contributed by atoms with E-state index < -0.39 is 0 Å². The number of hydrogen-bond donors (Lipinski definition) is 1. The molecule has 0 unspecified atom stereocenters. The highest BCUT2D eigenvalue weighted by Gasteiger charge is 2.08. The number of methoxy groups -OCH3 is 2. The smallest absolute Gasteiger partial charge is 0.187 e. The molecule has 0 spiro atoms. The van der Waals surface area contributed by atoms with Crippen LogP contribution < -0.4 is 19.5 Å². The number of nitrogens with one attached hydrogen (secondary N) is 1. The van der Waals surface area contributed by atoms with Gasteiger partial charge in [-0.05, 0) is 54.6 Å². The third kappa shape index (κ3) is 5.30. The molecule has 0 saturated carbocycles. The second-order valence-corrected chi connectivity index (χ2v) is 6.38. The number of hydrogen-bond acceptors (Lipinski definition) is 5. The molecule has 0 heterocycles. The molecule has 0 aliphatic carbocycles. The Morgan fingerprint density at radius 1 is 0.897 bits per heavy atom. The van der Waals surface area contributed by atoms with Gasteiger partial charge in [-0.25, -0.2) is 0 Å². The number of carbonyl (C=O) groups is 1. The SMILES string of the molecule is COc1ccc(C(=O)/C=C/Nc2ccc(Oc3ccccc3Cl)cc2)cc1OC. The molecule has 3 aromatic rings. The molecule has 0 aliphatic rings. The molecular formula is C23H20ClNO4. The summed E-state index contributed by atoms with van der Waals surface area (Å²) in [5.41, 5.74) is 1.32. The van der Waals surface area contributed by atoms with E-state index >= 15 is 0 Å². The lowest BCUT2D eigenvalue weighted by atomic mass is 10.1. The molecule has 0 aromatic heterocycles. The number of halogens is 1.